The van der Waals surface area contributed by atoms with Crippen molar-refractivity contribution in [2.75, 3.05) is 11.9 Å². The molecule has 3 rings (SSSR count). The van der Waals surface area contributed by atoms with Gasteiger partial charge in [-0.05, 0) is 18.9 Å². The second kappa shape index (κ2) is 4.69. The van der Waals surface area contributed by atoms with Crippen LogP contribution in [0.2, 0.25) is 0 Å². The van der Waals surface area contributed by atoms with Crippen LogP contribution < -0.4 is 5.32 Å². The number of anilines is 1. The number of fused-ring (bicyclic) bond motifs is 1. The quantitative estimate of drug-likeness (QED) is 0.646. The average molecular weight is 287 g/mol. The van der Waals surface area contributed by atoms with Crippen LogP contribution in [0.1, 0.15) is 12.8 Å². The Morgan fingerprint density at radius 2 is 2.14 bits per heavy atom. The summed E-state index contributed by atoms with van der Waals surface area (Å²) in [4.78, 5) is 25.9. The lowest BCUT2D eigenvalue weighted by molar-refractivity contribution is -0.384. The first kappa shape index (κ1) is 13.3. The van der Waals surface area contributed by atoms with Gasteiger partial charge in [0.15, 0.2) is 0 Å². The van der Waals surface area contributed by atoms with Crippen molar-refractivity contribution in [3.8, 4) is 0 Å². The second-order valence-corrected chi connectivity index (χ2v) is 5.23. The number of carboxylic acids is 1. The van der Waals surface area contributed by atoms with Gasteiger partial charge in [0.2, 0.25) is 0 Å². The fraction of sp³-hybridized carbons (Fsp3) is 0.286. The Morgan fingerprint density at radius 3 is 2.76 bits per heavy atom. The highest BCUT2D eigenvalue weighted by atomic mass is 16.6. The van der Waals surface area contributed by atoms with Crippen molar-refractivity contribution in [3.63, 3.8) is 0 Å². The summed E-state index contributed by atoms with van der Waals surface area (Å²) in [6.07, 6.45) is 2.38. The van der Waals surface area contributed by atoms with Crippen molar-refractivity contribution >= 4 is 28.2 Å². The highest BCUT2D eigenvalue weighted by Gasteiger charge is 2.50. The van der Waals surface area contributed by atoms with Gasteiger partial charge in [-0.3, -0.25) is 14.9 Å². The first-order valence-electron chi connectivity index (χ1n) is 6.53. The van der Waals surface area contributed by atoms with Gasteiger partial charge in [-0.1, -0.05) is 18.2 Å². The highest BCUT2D eigenvalue weighted by molar-refractivity contribution is 5.96. The molecule has 1 aromatic heterocycles. The van der Waals surface area contributed by atoms with Crippen LogP contribution in [0.25, 0.3) is 10.9 Å². The molecular formula is C14H13N3O4. The number of nitro groups is 1. The molecule has 0 unspecified atom stereocenters. The zero-order valence-electron chi connectivity index (χ0n) is 11.1. The number of rotatable bonds is 5. The van der Waals surface area contributed by atoms with Gasteiger partial charge in [-0.2, -0.15) is 0 Å². The van der Waals surface area contributed by atoms with E-state index in [1.807, 2.05) is 0 Å². The van der Waals surface area contributed by atoms with Crippen LogP contribution in [0.4, 0.5) is 11.4 Å². The van der Waals surface area contributed by atoms with Crippen molar-refractivity contribution in [3.05, 3.63) is 40.6 Å². The molecule has 1 aliphatic rings. The number of carboxylic acid groups (broad SMARTS) is 1. The third kappa shape index (κ3) is 2.26. The molecular weight excluding hydrogens is 274 g/mol. The lowest BCUT2D eigenvalue weighted by atomic mass is 10.1. The Labute approximate surface area is 119 Å². The molecule has 2 aromatic rings. The van der Waals surface area contributed by atoms with Gasteiger partial charge in [0.25, 0.3) is 0 Å². The number of nitrogens with one attached hydrogen (secondary N) is 1. The van der Waals surface area contributed by atoms with Crippen molar-refractivity contribution in [2.24, 2.45) is 5.41 Å². The van der Waals surface area contributed by atoms with E-state index in [0.29, 0.717) is 29.4 Å². The normalized spacial score (nSPS) is 15.6. The molecule has 1 aromatic carbocycles. The van der Waals surface area contributed by atoms with Gasteiger partial charge in [0.1, 0.15) is 11.9 Å². The van der Waals surface area contributed by atoms with Crippen LogP contribution in [-0.2, 0) is 4.79 Å². The maximum absolute atomic E-state index is 11.2. The molecule has 0 aliphatic heterocycles. The van der Waals surface area contributed by atoms with E-state index in [4.69, 9.17) is 0 Å². The van der Waals surface area contributed by atoms with Crippen LogP contribution in [0.5, 0.6) is 0 Å². The van der Waals surface area contributed by atoms with Crippen molar-refractivity contribution in [2.45, 2.75) is 12.8 Å². The summed E-state index contributed by atoms with van der Waals surface area (Å²) in [5.41, 5.74) is 0.0249. The van der Waals surface area contributed by atoms with E-state index in [0.717, 1.165) is 0 Å². The molecule has 0 spiro atoms. The number of hydrogen-bond donors (Lipinski definition) is 2. The zero-order chi connectivity index (χ0) is 15.0. The highest BCUT2D eigenvalue weighted by Crippen LogP contribution is 2.46. The summed E-state index contributed by atoms with van der Waals surface area (Å²) >= 11 is 0. The Hall–Kier alpha value is -2.70. The minimum absolute atomic E-state index is 0.144. The number of aromatic nitrogens is 1. The molecule has 21 heavy (non-hydrogen) atoms. The SMILES string of the molecule is O=C(O)C1(CNc2c([N+](=O)[O-])cnc3ccccc23)CC1. The fourth-order valence-corrected chi connectivity index (χ4v) is 2.33. The van der Waals surface area contributed by atoms with E-state index in [2.05, 4.69) is 10.3 Å². The van der Waals surface area contributed by atoms with Gasteiger partial charge < -0.3 is 10.4 Å². The number of benzene rings is 1. The van der Waals surface area contributed by atoms with E-state index in [9.17, 15) is 20.0 Å². The van der Waals surface area contributed by atoms with Crippen LogP contribution in [0.15, 0.2) is 30.5 Å². The fourth-order valence-electron chi connectivity index (χ4n) is 2.33. The largest absolute Gasteiger partial charge is 0.481 e. The molecule has 7 nitrogen and oxygen atoms in total. The van der Waals surface area contributed by atoms with E-state index < -0.39 is 16.3 Å². The van der Waals surface area contributed by atoms with Crippen molar-refractivity contribution in [1.82, 2.24) is 4.98 Å². The maximum atomic E-state index is 11.2. The Kier molecular flexibility index (Phi) is 2.97. The molecule has 0 bridgehead atoms. The van der Waals surface area contributed by atoms with Gasteiger partial charge in [0.05, 0.1) is 15.9 Å². The molecule has 0 atom stereocenters. The Bertz CT molecular complexity index is 740. The van der Waals surface area contributed by atoms with Gasteiger partial charge in [-0.15, -0.1) is 0 Å². The number of para-hydroxylation sites is 1. The van der Waals surface area contributed by atoms with E-state index >= 15 is 0 Å². The third-order valence-electron chi connectivity index (χ3n) is 3.86. The summed E-state index contributed by atoms with van der Waals surface area (Å²) in [7, 11) is 0. The van der Waals surface area contributed by atoms with Gasteiger partial charge >= 0.3 is 11.7 Å². The molecule has 1 saturated carbocycles. The monoisotopic (exact) mass is 287 g/mol. The molecule has 0 amide bonds. The predicted molar refractivity (Wildman–Crippen MR) is 76.2 cm³/mol. The van der Waals surface area contributed by atoms with Crippen molar-refractivity contribution < 1.29 is 14.8 Å². The molecule has 7 heteroatoms. The van der Waals surface area contributed by atoms with E-state index in [-0.39, 0.29) is 12.2 Å². The molecule has 1 fully saturated rings. The molecule has 2 N–H and O–H groups in total. The predicted octanol–water partition coefficient (Wildman–Crippen LogP) is 2.42. The first-order chi connectivity index (χ1) is 10.0. The molecule has 1 aliphatic carbocycles. The smallest absolute Gasteiger partial charge is 0.311 e. The number of pyridine rings is 1. The summed E-state index contributed by atoms with van der Waals surface area (Å²) < 4.78 is 0. The first-order valence-corrected chi connectivity index (χ1v) is 6.53. The number of hydrogen-bond acceptors (Lipinski definition) is 5. The number of carbonyl (C=O) groups is 1. The minimum atomic E-state index is -0.865. The lowest BCUT2D eigenvalue weighted by Gasteiger charge is -2.14. The number of aliphatic carboxylic acids is 1. The van der Waals surface area contributed by atoms with Crippen LogP contribution >= 0.6 is 0 Å². The van der Waals surface area contributed by atoms with Gasteiger partial charge in [-0.25, -0.2) is 4.98 Å². The van der Waals surface area contributed by atoms with Gasteiger partial charge in [0, 0.05) is 11.9 Å². The summed E-state index contributed by atoms with van der Waals surface area (Å²) in [5.74, 6) is -0.865. The van der Waals surface area contributed by atoms with Crippen LogP contribution in [0, 0.1) is 15.5 Å². The van der Waals surface area contributed by atoms with E-state index in [1.165, 1.54) is 6.20 Å². The number of nitrogens with zero attached hydrogens (tertiary/aromatic N) is 2. The summed E-state index contributed by atoms with van der Waals surface area (Å²) in [5, 5.41) is 23.9. The molecule has 1 heterocycles. The second-order valence-electron chi connectivity index (χ2n) is 5.23. The van der Waals surface area contributed by atoms with Crippen molar-refractivity contribution in [1.29, 1.82) is 0 Å². The topological polar surface area (TPSA) is 105 Å². The molecule has 108 valence electrons. The molecule has 0 saturated heterocycles. The standard InChI is InChI=1S/C14H13N3O4/c18-13(19)14(5-6-14)8-16-12-9-3-1-2-4-10(9)15-7-11(12)17(20)21/h1-4,7H,5-6,8H2,(H,15,16)(H,18,19). The average Bonchev–Trinajstić information content (AvgIpc) is 3.25. The van der Waals surface area contributed by atoms with E-state index in [1.54, 1.807) is 24.3 Å². The minimum Gasteiger partial charge on any atom is -0.481 e. The maximum Gasteiger partial charge on any atom is 0.311 e. The summed E-state index contributed by atoms with van der Waals surface area (Å²) in [6, 6.07) is 7.06. The lowest BCUT2D eigenvalue weighted by Crippen LogP contribution is -2.24. The third-order valence-corrected chi connectivity index (χ3v) is 3.86. The van der Waals surface area contributed by atoms with Crippen LogP contribution in [0.3, 0.4) is 0 Å². The Morgan fingerprint density at radius 1 is 1.43 bits per heavy atom. The Balaban J connectivity index is 2.01. The van der Waals surface area contributed by atoms with Crippen LogP contribution in [-0.4, -0.2) is 27.5 Å². The molecule has 0 radical (unpaired) electrons. The summed E-state index contributed by atoms with van der Waals surface area (Å²) in [6.45, 7) is 0.178. The zero-order valence-corrected chi connectivity index (χ0v) is 11.1.